The number of fused-ring (bicyclic) bond motifs is 3. The Labute approximate surface area is 141 Å². The summed E-state index contributed by atoms with van der Waals surface area (Å²) < 4.78 is 39.0. The summed E-state index contributed by atoms with van der Waals surface area (Å²) in [6.45, 7) is 0. The number of thiazole rings is 2. The Bertz CT molecular complexity index is 925. The van der Waals surface area contributed by atoms with Crippen LogP contribution in [0.25, 0.3) is 25.6 Å². The third kappa shape index (κ3) is 3.85. The Morgan fingerprint density at radius 2 is 1.43 bits per heavy atom. The Balaban J connectivity index is 0.000000276. The van der Waals surface area contributed by atoms with Crippen molar-refractivity contribution in [3.05, 3.63) is 60.0 Å². The molecule has 118 valence electrons. The lowest BCUT2D eigenvalue weighted by atomic mass is 10.2. The average Bonchev–Trinajstić information content (AvgIpc) is 3.05. The number of aromatic nitrogens is 1. The van der Waals surface area contributed by atoms with E-state index in [1.54, 1.807) is 0 Å². The number of rotatable bonds is 1. The van der Waals surface area contributed by atoms with Gasteiger partial charge < -0.3 is 0 Å². The van der Waals surface area contributed by atoms with E-state index in [1.165, 1.54) is 25.6 Å². The molecule has 2 heterocycles. The van der Waals surface area contributed by atoms with Gasteiger partial charge in [-0.15, -0.1) is 14.6 Å². The van der Waals surface area contributed by atoms with E-state index in [9.17, 15) is 0 Å². The third-order valence-electron chi connectivity index (χ3n) is 3.07. The van der Waals surface area contributed by atoms with Gasteiger partial charge in [-0.3, -0.25) is 0 Å². The molecule has 0 unspecified atom stereocenters. The van der Waals surface area contributed by atoms with Gasteiger partial charge >= 0.3 is 4.14 Å². The smallest absolute Gasteiger partial charge is 0.222 e. The van der Waals surface area contributed by atoms with E-state index in [1.807, 2.05) is 22.7 Å². The van der Waals surface area contributed by atoms with Crippen LogP contribution in [0.3, 0.4) is 0 Å². The molecule has 0 fully saturated rings. The molecule has 0 aliphatic carbocycles. The Hall–Kier alpha value is -1.58. The van der Waals surface area contributed by atoms with Crippen molar-refractivity contribution >= 4 is 37.0 Å². The van der Waals surface area contributed by atoms with Crippen molar-refractivity contribution in [2.75, 3.05) is 0 Å². The SMILES string of the molecule is [O-][Cl+3]([O-])([O-])[O-].c1ccc(-c2csc3sc4ccccc4[n+]23)cc1. The summed E-state index contributed by atoms with van der Waals surface area (Å²) in [5.74, 6) is 0. The molecule has 0 N–H and O–H groups in total. The van der Waals surface area contributed by atoms with Crippen molar-refractivity contribution < 1.29 is 33.3 Å². The van der Waals surface area contributed by atoms with Crippen LogP contribution in [-0.4, -0.2) is 0 Å². The van der Waals surface area contributed by atoms with Gasteiger partial charge in [-0.05, 0) is 18.2 Å². The molecule has 5 nitrogen and oxygen atoms in total. The number of para-hydroxylation sites is 1. The highest BCUT2D eigenvalue weighted by molar-refractivity contribution is 7.38. The Kier molecular flexibility index (Phi) is 4.60. The Morgan fingerprint density at radius 1 is 0.826 bits per heavy atom. The second kappa shape index (κ2) is 6.50. The second-order valence-electron chi connectivity index (χ2n) is 4.54. The van der Waals surface area contributed by atoms with Crippen LogP contribution >= 0.6 is 22.7 Å². The molecule has 0 aliphatic heterocycles. The van der Waals surface area contributed by atoms with E-state index in [2.05, 4.69) is 64.4 Å². The highest BCUT2D eigenvalue weighted by Crippen LogP contribution is 2.29. The zero-order chi connectivity index (χ0) is 16.4. The number of halogens is 1. The van der Waals surface area contributed by atoms with Gasteiger partial charge in [-0.2, -0.15) is 0 Å². The maximum Gasteiger partial charge on any atom is 0.326 e. The first-order valence-electron chi connectivity index (χ1n) is 6.41. The molecule has 0 aliphatic rings. The number of hydrogen-bond donors (Lipinski definition) is 0. The van der Waals surface area contributed by atoms with Crippen LogP contribution in [0.1, 0.15) is 0 Å². The zero-order valence-electron chi connectivity index (χ0n) is 11.5. The molecule has 2 aromatic carbocycles. The maximum atomic E-state index is 8.49. The topological polar surface area (TPSA) is 96.3 Å². The molecule has 0 atom stereocenters. The highest BCUT2D eigenvalue weighted by Gasteiger charge is 2.21. The van der Waals surface area contributed by atoms with E-state index in [0.717, 1.165) is 0 Å². The lowest BCUT2D eigenvalue weighted by Crippen LogP contribution is -2.68. The van der Waals surface area contributed by atoms with Crippen LogP contribution in [0.15, 0.2) is 60.0 Å². The van der Waals surface area contributed by atoms with E-state index in [0.29, 0.717) is 0 Å². The number of benzene rings is 2. The first-order valence-corrected chi connectivity index (χ1v) is 9.34. The van der Waals surface area contributed by atoms with Gasteiger partial charge in [0, 0.05) is 11.6 Å². The van der Waals surface area contributed by atoms with Crippen LogP contribution in [0, 0.1) is 10.2 Å². The van der Waals surface area contributed by atoms with Gasteiger partial charge in [0.1, 0.15) is 4.70 Å². The minimum absolute atomic E-state index is 1.28. The molecule has 0 bridgehead atoms. The van der Waals surface area contributed by atoms with E-state index >= 15 is 0 Å². The standard InChI is InChI=1S/C15H10NS2.ClHO4/c1-2-6-11(7-3-1)13-10-17-15-16(13)12-8-4-5-9-14(12)18-15;2-1(3,4)5/h1-10H;(H,2,3,4,5)/q+1;/p-1. The largest absolute Gasteiger partial charge is 0.326 e. The van der Waals surface area contributed by atoms with E-state index in [-0.39, 0.29) is 0 Å². The molecular formula is C15H10ClNO4S2. The van der Waals surface area contributed by atoms with Crippen molar-refractivity contribution in [3.8, 4) is 11.3 Å². The van der Waals surface area contributed by atoms with Gasteiger partial charge in [0.15, 0.2) is 0 Å². The molecule has 4 rings (SSSR count). The van der Waals surface area contributed by atoms with Crippen molar-refractivity contribution in [2.24, 2.45) is 0 Å². The normalized spacial score (nSPS) is 11.5. The van der Waals surface area contributed by atoms with Crippen LogP contribution in [0.4, 0.5) is 0 Å². The molecular weight excluding hydrogens is 358 g/mol. The van der Waals surface area contributed by atoms with Gasteiger partial charge in [0.05, 0.1) is 5.38 Å². The predicted molar refractivity (Wildman–Crippen MR) is 78.3 cm³/mol. The van der Waals surface area contributed by atoms with Crippen LogP contribution in [0.2, 0.25) is 0 Å². The van der Waals surface area contributed by atoms with Gasteiger partial charge in [-0.1, -0.05) is 53.0 Å². The van der Waals surface area contributed by atoms with Crippen molar-refractivity contribution in [3.63, 3.8) is 0 Å². The van der Waals surface area contributed by atoms with Gasteiger partial charge in [0.2, 0.25) is 11.2 Å². The first-order chi connectivity index (χ1) is 10.9. The molecule has 0 radical (unpaired) electrons. The quantitative estimate of drug-likeness (QED) is 0.428. The molecule has 0 saturated carbocycles. The van der Waals surface area contributed by atoms with Crippen LogP contribution < -0.4 is 23.0 Å². The summed E-state index contributed by atoms with van der Waals surface area (Å²) in [5, 5.41) is 2.24. The minimum Gasteiger partial charge on any atom is -0.222 e. The lowest BCUT2D eigenvalue weighted by Gasteiger charge is -2.17. The number of hydrogen-bond acceptors (Lipinski definition) is 6. The molecule has 0 saturated heterocycles. The second-order valence-corrected chi connectivity index (χ2v) is 7.44. The fourth-order valence-electron chi connectivity index (χ4n) is 2.24. The summed E-state index contributed by atoms with van der Waals surface area (Å²) in [7, 11) is -4.94. The zero-order valence-corrected chi connectivity index (χ0v) is 13.9. The minimum atomic E-state index is -4.94. The summed E-state index contributed by atoms with van der Waals surface area (Å²) in [6, 6.07) is 19.2. The van der Waals surface area contributed by atoms with Crippen molar-refractivity contribution in [1.29, 1.82) is 0 Å². The molecule has 2 aromatic heterocycles. The van der Waals surface area contributed by atoms with E-state index < -0.39 is 10.2 Å². The summed E-state index contributed by atoms with van der Waals surface area (Å²) in [6.07, 6.45) is 0. The fraction of sp³-hybridized carbons (Fsp3) is 0. The summed E-state index contributed by atoms with van der Waals surface area (Å²) in [4.78, 5) is 0. The van der Waals surface area contributed by atoms with Crippen LogP contribution in [0.5, 0.6) is 0 Å². The maximum absolute atomic E-state index is 8.49. The third-order valence-corrected chi connectivity index (χ3v) is 5.25. The van der Waals surface area contributed by atoms with Crippen LogP contribution in [-0.2, 0) is 0 Å². The summed E-state index contributed by atoms with van der Waals surface area (Å²) in [5.41, 5.74) is 3.86. The molecule has 8 heteroatoms. The monoisotopic (exact) mass is 367 g/mol. The van der Waals surface area contributed by atoms with Crippen molar-refractivity contribution in [1.82, 2.24) is 0 Å². The first kappa shape index (κ1) is 16.3. The molecule has 4 aromatic rings. The van der Waals surface area contributed by atoms with Gasteiger partial charge in [-0.25, -0.2) is 18.6 Å². The molecule has 0 spiro atoms. The molecule has 23 heavy (non-hydrogen) atoms. The van der Waals surface area contributed by atoms with Gasteiger partial charge in [0.25, 0.3) is 0 Å². The molecule has 0 amide bonds. The summed E-state index contributed by atoms with van der Waals surface area (Å²) >= 11 is 3.67. The predicted octanol–water partition coefficient (Wildman–Crippen LogP) is -0.388. The lowest BCUT2D eigenvalue weighted by molar-refractivity contribution is -2.00. The highest BCUT2D eigenvalue weighted by atomic mass is 35.7. The number of nitrogens with zero attached hydrogens (tertiary/aromatic N) is 1. The Morgan fingerprint density at radius 3 is 2.13 bits per heavy atom. The fourth-order valence-corrected chi connectivity index (χ4v) is 4.48. The average molecular weight is 368 g/mol. The van der Waals surface area contributed by atoms with E-state index in [4.69, 9.17) is 18.6 Å². The van der Waals surface area contributed by atoms with Crippen molar-refractivity contribution in [2.45, 2.75) is 0 Å².